The Labute approximate surface area is 147 Å². The molecule has 5 nitrogen and oxygen atoms in total. The van der Waals surface area contributed by atoms with Crippen molar-refractivity contribution in [3.63, 3.8) is 0 Å². The van der Waals surface area contributed by atoms with Gasteiger partial charge >= 0.3 is 5.97 Å². The van der Waals surface area contributed by atoms with Gasteiger partial charge in [-0.05, 0) is 31.0 Å². The van der Waals surface area contributed by atoms with Gasteiger partial charge in [-0.3, -0.25) is 4.79 Å². The molecule has 0 spiro atoms. The van der Waals surface area contributed by atoms with Crippen LogP contribution in [0.5, 0.6) is 5.75 Å². The van der Waals surface area contributed by atoms with Crippen LogP contribution >= 0.6 is 0 Å². The van der Waals surface area contributed by atoms with Crippen molar-refractivity contribution in [1.82, 2.24) is 5.32 Å². The summed E-state index contributed by atoms with van der Waals surface area (Å²) < 4.78 is 5.14. The molecule has 0 radical (unpaired) electrons. The molecule has 2 rings (SSSR count). The zero-order valence-corrected chi connectivity index (χ0v) is 14.4. The third-order valence-electron chi connectivity index (χ3n) is 4.06. The molecule has 0 saturated carbocycles. The van der Waals surface area contributed by atoms with Crippen molar-refractivity contribution in [3.05, 3.63) is 65.7 Å². The summed E-state index contributed by atoms with van der Waals surface area (Å²) in [6.45, 7) is 4.04. The Balaban J connectivity index is 1.90. The summed E-state index contributed by atoms with van der Waals surface area (Å²) in [5.41, 5.74) is 1.20. The first-order chi connectivity index (χ1) is 12.0. The van der Waals surface area contributed by atoms with Gasteiger partial charge in [0.2, 0.25) is 0 Å². The van der Waals surface area contributed by atoms with Gasteiger partial charge in [0.1, 0.15) is 11.3 Å². The molecule has 2 atom stereocenters. The van der Waals surface area contributed by atoms with Crippen LogP contribution in [0.4, 0.5) is 0 Å². The third-order valence-corrected chi connectivity index (χ3v) is 4.06. The highest BCUT2D eigenvalue weighted by Crippen LogP contribution is 2.19. The molecule has 132 valence electrons. The topological polar surface area (TPSA) is 75.6 Å². The lowest BCUT2D eigenvalue weighted by atomic mass is 9.96. The molecule has 0 aliphatic carbocycles. The molecule has 0 aliphatic rings. The summed E-state index contributed by atoms with van der Waals surface area (Å²) in [6.07, 6.45) is -0.0588. The molecule has 25 heavy (non-hydrogen) atoms. The van der Waals surface area contributed by atoms with Crippen molar-refractivity contribution in [1.29, 1.82) is 0 Å². The standard InChI is InChI=1S/C20H23NO4/c1-3-15(16-9-5-4-6-10-16)13-21-19(23)14(2)25-20(24)17-11-7-8-12-18(17)22/h4-12,14-15,22H,3,13H2,1-2H3,(H,21,23)/t14-,15-/m1/s1. The van der Waals surface area contributed by atoms with Gasteiger partial charge in [0.25, 0.3) is 5.91 Å². The van der Waals surface area contributed by atoms with Gasteiger partial charge in [-0.1, -0.05) is 49.4 Å². The van der Waals surface area contributed by atoms with E-state index in [1.54, 1.807) is 12.1 Å². The van der Waals surface area contributed by atoms with Crippen LogP contribution in [0.2, 0.25) is 0 Å². The lowest BCUT2D eigenvalue weighted by Crippen LogP contribution is -2.38. The monoisotopic (exact) mass is 341 g/mol. The Bertz CT molecular complexity index is 715. The van der Waals surface area contributed by atoms with Crippen LogP contribution in [-0.2, 0) is 9.53 Å². The van der Waals surface area contributed by atoms with Crippen molar-refractivity contribution in [2.45, 2.75) is 32.3 Å². The predicted octanol–water partition coefficient (Wildman–Crippen LogP) is 3.25. The molecular formula is C20H23NO4. The fourth-order valence-corrected chi connectivity index (χ4v) is 2.51. The SMILES string of the molecule is CC[C@H](CNC(=O)[C@@H](C)OC(=O)c1ccccc1O)c1ccccc1. The highest BCUT2D eigenvalue weighted by molar-refractivity contribution is 5.94. The number of carbonyl (C=O) groups excluding carboxylic acids is 2. The third kappa shape index (κ3) is 5.08. The van der Waals surface area contributed by atoms with E-state index >= 15 is 0 Å². The fourth-order valence-electron chi connectivity index (χ4n) is 2.51. The molecule has 2 aromatic carbocycles. The minimum Gasteiger partial charge on any atom is -0.507 e. The van der Waals surface area contributed by atoms with Gasteiger partial charge in [-0.15, -0.1) is 0 Å². The number of aromatic hydroxyl groups is 1. The summed E-state index contributed by atoms with van der Waals surface area (Å²) in [6, 6.07) is 16.0. The number of hydrogen-bond acceptors (Lipinski definition) is 4. The zero-order valence-electron chi connectivity index (χ0n) is 14.4. The molecule has 0 saturated heterocycles. The van der Waals surface area contributed by atoms with E-state index in [0.717, 1.165) is 12.0 Å². The number of esters is 1. The molecule has 2 N–H and O–H groups in total. The number of nitrogens with one attached hydrogen (secondary N) is 1. The Morgan fingerprint density at radius 1 is 1.08 bits per heavy atom. The van der Waals surface area contributed by atoms with Crippen LogP contribution in [0.25, 0.3) is 0 Å². The Morgan fingerprint density at radius 3 is 2.36 bits per heavy atom. The number of phenols is 1. The first-order valence-electron chi connectivity index (χ1n) is 8.34. The lowest BCUT2D eigenvalue weighted by molar-refractivity contribution is -0.129. The summed E-state index contributed by atoms with van der Waals surface area (Å²) in [5.74, 6) is -1.06. The van der Waals surface area contributed by atoms with E-state index in [4.69, 9.17) is 4.74 Å². The Kier molecular flexibility index (Phi) is 6.57. The maximum atomic E-state index is 12.2. The van der Waals surface area contributed by atoms with Crippen LogP contribution in [0, 0.1) is 0 Å². The van der Waals surface area contributed by atoms with Crippen LogP contribution in [0.15, 0.2) is 54.6 Å². The van der Waals surface area contributed by atoms with Crippen LogP contribution in [-0.4, -0.2) is 29.6 Å². The first kappa shape index (κ1) is 18.5. The molecule has 0 unspecified atom stereocenters. The molecule has 2 aromatic rings. The minimum atomic E-state index is -0.944. The highest BCUT2D eigenvalue weighted by Gasteiger charge is 2.21. The predicted molar refractivity (Wildman–Crippen MR) is 95.5 cm³/mol. The summed E-state index contributed by atoms with van der Waals surface area (Å²) in [5, 5.41) is 12.5. The van der Waals surface area contributed by atoms with Crippen molar-refractivity contribution < 1.29 is 19.4 Å². The van der Waals surface area contributed by atoms with Gasteiger partial charge in [0.15, 0.2) is 6.10 Å². The lowest BCUT2D eigenvalue weighted by Gasteiger charge is -2.18. The van der Waals surface area contributed by atoms with E-state index in [0.29, 0.717) is 6.54 Å². The number of benzene rings is 2. The second kappa shape index (κ2) is 8.87. The molecular weight excluding hydrogens is 318 g/mol. The number of rotatable bonds is 7. The van der Waals surface area contributed by atoms with E-state index in [9.17, 15) is 14.7 Å². The average Bonchev–Trinajstić information content (AvgIpc) is 2.63. The molecule has 0 heterocycles. The fraction of sp³-hybridized carbons (Fsp3) is 0.300. The molecule has 1 amide bonds. The van der Waals surface area contributed by atoms with E-state index in [1.807, 2.05) is 30.3 Å². The molecule has 0 aromatic heterocycles. The van der Waals surface area contributed by atoms with E-state index < -0.39 is 12.1 Å². The summed E-state index contributed by atoms with van der Waals surface area (Å²) >= 11 is 0. The number of phenolic OH excluding ortho intramolecular Hbond substituents is 1. The smallest absolute Gasteiger partial charge is 0.342 e. The van der Waals surface area contributed by atoms with Gasteiger partial charge in [0, 0.05) is 12.5 Å². The largest absolute Gasteiger partial charge is 0.507 e. The Morgan fingerprint density at radius 2 is 1.72 bits per heavy atom. The van der Waals surface area contributed by atoms with Gasteiger partial charge < -0.3 is 15.2 Å². The second-order valence-corrected chi connectivity index (χ2v) is 5.83. The number of amides is 1. The number of para-hydroxylation sites is 1. The summed E-state index contributed by atoms with van der Waals surface area (Å²) in [4.78, 5) is 24.2. The van der Waals surface area contributed by atoms with Gasteiger partial charge in [-0.25, -0.2) is 4.79 Å². The number of ether oxygens (including phenoxy) is 1. The maximum Gasteiger partial charge on any atom is 0.342 e. The van der Waals surface area contributed by atoms with E-state index in [-0.39, 0.29) is 23.1 Å². The Hall–Kier alpha value is -2.82. The highest BCUT2D eigenvalue weighted by atomic mass is 16.5. The second-order valence-electron chi connectivity index (χ2n) is 5.83. The normalized spacial score (nSPS) is 12.9. The molecule has 5 heteroatoms. The van der Waals surface area contributed by atoms with Crippen molar-refractivity contribution in [2.24, 2.45) is 0 Å². The van der Waals surface area contributed by atoms with Crippen molar-refractivity contribution >= 4 is 11.9 Å². The van der Waals surface area contributed by atoms with Crippen molar-refractivity contribution in [3.8, 4) is 5.75 Å². The molecule has 0 fully saturated rings. The minimum absolute atomic E-state index is 0.0397. The van der Waals surface area contributed by atoms with E-state index in [2.05, 4.69) is 12.2 Å². The quantitative estimate of drug-likeness (QED) is 0.758. The summed E-state index contributed by atoms with van der Waals surface area (Å²) in [7, 11) is 0. The number of hydrogen-bond donors (Lipinski definition) is 2. The van der Waals surface area contributed by atoms with Crippen LogP contribution < -0.4 is 5.32 Å². The van der Waals surface area contributed by atoms with E-state index in [1.165, 1.54) is 19.1 Å². The average molecular weight is 341 g/mol. The molecule has 0 bridgehead atoms. The number of carbonyl (C=O) groups is 2. The molecule has 0 aliphatic heterocycles. The maximum absolute atomic E-state index is 12.2. The van der Waals surface area contributed by atoms with Crippen molar-refractivity contribution in [2.75, 3.05) is 6.54 Å². The van der Waals surface area contributed by atoms with Crippen LogP contribution in [0.1, 0.15) is 42.1 Å². The zero-order chi connectivity index (χ0) is 18.2. The van der Waals surface area contributed by atoms with Crippen LogP contribution in [0.3, 0.4) is 0 Å². The first-order valence-corrected chi connectivity index (χ1v) is 8.34. The van der Waals surface area contributed by atoms with Gasteiger partial charge in [-0.2, -0.15) is 0 Å². The van der Waals surface area contributed by atoms with Gasteiger partial charge in [0.05, 0.1) is 0 Å².